The number of rotatable bonds is 10. The largest absolute Gasteiger partial charge is 0.484 e. The molecule has 8 heteroatoms. The highest BCUT2D eigenvalue weighted by molar-refractivity contribution is 6.35. The standard InChI is InChI=1S/C30H25Cl2FN2O3/c31-24-14-13-23(27(32)17-24)18-34-30(37)29(22-7-3-1-4-8-22)35(19-21-11-15-25(33)16-12-21)28(36)20-38-26-9-5-2-6-10-26/h1-17,29H,18-20H2,(H,34,37). The summed E-state index contributed by atoms with van der Waals surface area (Å²) < 4.78 is 19.3. The topological polar surface area (TPSA) is 58.6 Å². The van der Waals surface area contributed by atoms with Crippen LogP contribution in [0.4, 0.5) is 4.39 Å². The molecule has 0 fully saturated rings. The third kappa shape index (κ3) is 7.34. The molecule has 0 radical (unpaired) electrons. The van der Waals surface area contributed by atoms with Crippen molar-refractivity contribution in [2.45, 2.75) is 19.1 Å². The SMILES string of the molecule is O=C(NCc1ccc(Cl)cc1Cl)C(c1ccccc1)N(Cc1ccc(F)cc1)C(=O)COc1ccccc1. The molecule has 0 aliphatic rings. The minimum atomic E-state index is -0.987. The molecule has 1 N–H and O–H groups in total. The zero-order valence-electron chi connectivity index (χ0n) is 20.3. The van der Waals surface area contributed by atoms with Gasteiger partial charge in [-0.2, -0.15) is 0 Å². The van der Waals surface area contributed by atoms with Crippen LogP contribution in [0.3, 0.4) is 0 Å². The van der Waals surface area contributed by atoms with Crippen LogP contribution >= 0.6 is 23.2 Å². The fourth-order valence-electron chi connectivity index (χ4n) is 3.91. The summed E-state index contributed by atoms with van der Waals surface area (Å²) in [5.74, 6) is -0.680. The van der Waals surface area contributed by atoms with Gasteiger partial charge in [0.2, 0.25) is 5.91 Å². The highest BCUT2D eigenvalue weighted by Crippen LogP contribution is 2.26. The molecule has 2 amide bonds. The molecule has 0 heterocycles. The van der Waals surface area contributed by atoms with Crippen LogP contribution in [-0.2, 0) is 22.7 Å². The van der Waals surface area contributed by atoms with E-state index in [1.54, 1.807) is 78.9 Å². The number of nitrogens with zero attached hydrogens (tertiary/aromatic N) is 1. The molecule has 194 valence electrons. The van der Waals surface area contributed by atoms with E-state index in [1.165, 1.54) is 17.0 Å². The van der Waals surface area contributed by atoms with Crippen LogP contribution in [0.25, 0.3) is 0 Å². The monoisotopic (exact) mass is 550 g/mol. The van der Waals surface area contributed by atoms with Crippen LogP contribution in [0, 0.1) is 5.82 Å². The Kier molecular flexibility index (Phi) is 9.35. The van der Waals surface area contributed by atoms with E-state index < -0.39 is 23.7 Å². The third-order valence-corrected chi connectivity index (χ3v) is 6.42. The predicted molar refractivity (Wildman–Crippen MR) is 146 cm³/mol. The normalized spacial score (nSPS) is 11.4. The lowest BCUT2D eigenvalue weighted by Gasteiger charge is -2.31. The lowest BCUT2D eigenvalue weighted by Crippen LogP contribution is -2.45. The highest BCUT2D eigenvalue weighted by atomic mass is 35.5. The van der Waals surface area contributed by atoms with E-state index in [4.69, 9.17) is 27.9 Å². The molecule has 0 spiro atoms. The number of carbonyl (C=O) groups is 2. The first-order valence-corrected chi connectivity index (χ1v) is 12.6. The molecule has 0 aromatic heterocycles. The minimum Gasteiger partial charge on any atom is -0.484 e. The van der Waals surface area contributed by atoms with Gasteiger partial charge in [0.15, 0.2) is 6.61 Å². The van der Waals surface area contributed by atoms with Crippen molar-refractivity contribution in [2.24, 2.45) is 0 Å². The lowest BCUT2D eigenvalue weighted by molar-refractivity contribution is -0.143. The van der Waals surface area contributed by atoms with Crippen LogP contribution < -0.4 is 10.1 Å². The van der Waals surface area contributed by atoms with Gasteiger partial charge >= 0.3 is 0 Å². The van der Waals surface area contributed by atoms with Crippen molar-refractivity contribution >= 4 is 35.0 Å². The van der Waals surface area contributed by atoms with Gasteiger partial charge in [-0.05, 0) is 53.1 Å². The number of hydrogen-bond donors (Lipinski definition) is 1. The van der Waals surface area contributed by atoms with Crippen LogP contribution in [0.2, 0.25) is 10.0 Å². The van der Waals surface area contributed by atoms with Crippen molar-refractivity contribution in [3.05, 3.63) is 136 Å². The number of para-hydroxylation sites is 1. The first-order valence-electron chi connectivity index (χ1n) is 11.9. The summed E-state index contributed by atoms with van der Waals surface area (Å²) in [6.07, 6.45) is 0. The molecule has 4 aromatic rings. The molecule has 1 unspecified atom stereocenters. The molecular formula is C30H25Cl2FN2O3. The second-order valence-corrected chi connectivity index (χ2v) is 9.36. The summed E-state index contributed by atoms with van der Waals surface area (Å²) in [5.41, 5.74) is 1.95. The molecule has 4 rings (SSSR count). The smallest absolute Gasteiger partial charge is 0.261 e. The first-order chi connectivity index (χ1) is 18.4. The summed E-state index contributed by atoms with van der Waals surface area (Å²) in [5, 5.41) is 3.81. The number of benzene rings is 4. The Labute approximate surface area is 230 Å². The summed E-state index contributed by atoms with van der Waals surface area (Å²) in [7, 11) is 0. The molecule has 0 bridgehead atoms. The molecule has 5 nitrogen and oxygen atoms in total. The Hall–Kier alpha value is -3.87. The fourth-order valence-corrected chi connectivity index (χ4v) is 4.38. The van der Waals surface area contributed by atoms with Gasteiger partial charge in [0.25, 0.3) is 5.91 Å². The third-order valence-electron chi connectivity index (χ3n) is 5.84. The van der Waals surface area contributed by atoms with Gasteiger partial charge in [-0.3, -0.25) is 9.59 Å². The summed E-state index contributed by atoms with van der Waals surface area (Å²) in [6, 6.07) is 27.8. The first kappa shape index (κ1) is 27.2. The number of amides is 2. The maximum atomic E-state index is 13.7. The van der Waals surface area contributed by atoms with Crippen molar-refractivity contribution < 1.29 is 18.7 Å². The van der Waals surface area contributed by atoms with Gasteiger partial charge in [0.1, 0.15) is 17.6 Å². The molecule has 0 aliphatic carbocycles. The van der Waals surface area contributed by atoms with E-state index in [2.05, 4.69) is 5.32 Å². The summed E-state index contributed by atoms with van der Waals surface area (Å²) in [6.45, 7) is -0.0892. The average Bonchev–Trinajstić information content (AvgIpc) is 2.93. The maximum absolute atomic E-state index is 13.7. The second-order valence-electron chi connectivity index (χ2n) is 8.52. The zero-order chi connectivity index (χ0) is 26.9. The Morgan fingerprint density at radius 2 is 1.53 bits per heavy atom. The quantitative estimate of drug-likeness (QED) is 0.242. The highest BCUT2D eigenvalue weighted by Gasteiger charge is 2.32. The number of ether oxygens (including phenoxy) is 1. The van der Waals surface area contributed by atoms with Crippen molar-refractivity contribution in [1.29, 1.82) is 0 Å². The van der Waals surface area contributed by atoms with E-state index in [0.717, 1.165) is 0 Å². The molecule has 0 aliphatic heterocycles. The Bertz CT molecular complexity index is 1370. The molecule has 0 saturated heterocycles. The number of nitrogens with one attached hydrogen (secondary N) is 1. The Balaban J connectivity index is 1.63. The van der Waals surface area contributed by atoms with Crippen molar-refractivity contribution in [3.63, 3.8) is 0 Å². The van der Waals surface area contributed by atoms with E-state index in [0.29, 0.717) is 32.5 Å². The van der Waals surface area contributed by atoms with E-state index in [1.807, 2.05) is 12.1 Å². The molecule has 0 saturated carbocycles. The molecular weight excluding hydrogens is 526 g/mol. The van der Waals surface area contributed by atoms with E-state index in [-0.39, 0.29) is 19.7 Å². The van der Waals surface area contributed by atoms with Crippen molar-refractivity contribution in [1.82, 2.24) is 10.2 Å². The second kappa shape index (κ2) is 13.1. The molecule has 1 atom stereocenters. The zero-order valence-corrected chi connectivity index (χ0v) is 21.8. The lowest BCUT2D eigenvalue weighted by atomic mass is 10.0. The Morgan fingerprint density at radius 3 is 2.18 bits per heavy atom. The van der Waals surface area contributed by atoms with Crippen molar-refractivity contribution in [3.8, 4) is 5.75 Å². The maximum Gasteiger partial charge on any atom is 0.261 e. The Morgan fingerprint density at radius 1 is 0.868 bits per heavy atom. The summed E-state index contributed by atoms with van der Waals surface area (Å²) in [4.78, 5) is 28.7. The average molecular weight is 551 g/mol. The van der Waals surface area contributed by atoms with Crippen molar-refractivity contribution in [2.75, 3.05) is 6.61 Å². The van der Waals surface area contributed by atoms with Crippen LogP contribution in [-0.4, -0.2) is 23.3 Å². The molecule has 4 aromatic carbocycles. The van der Waals surface area contributed by atoms with Gasteiger partial charge in [-0.25, -0.2) is 4.39 Å². The van der Waals surface area contributed by atoms with Gasteiger partial charge in [0, 0.05) is 23.1 Å². The number of hydrogen-bond acceptors (Lipinski definition) is 3. The predicted octanol–water partition coefficient (Wildman–Crippen LogP) is 6.60. The van der Waals surface area contributed by atoms with E-state index in [9.17, 15) is 14.0 Å². The van der Waals surface area contributed by atoms with Gasteiger partial charge in [0.05, 0.1) is 0 Å². The van der Waals surface area contributed by atoms with Gasteiger partial charge in [-0.1, -0.05) is 89.9 Å². The number of carbonyl (C=O) groups excluding carboxylic acids is 2. The van der Waals surface area contributed by atoms with Crippen LogP contribution in [0.1, 0.15) is 22.7 Å². The minimum absolute atomic E-state index is 0.0615. The molecule has 38 heavy (non-hydrogen) atoms. The van der Waals surface area contributed by atoms with Crippen LogP contribution in [0.15, 0.2) is 103 Å². The fraction of sp³-hybridized carbons (Fsp3) is 0.133. The number of halogens is 3. The van der Waals surface area contributed by atoms with Crippen LogP contribution in [0.5, 0.6) is 5.75 Å². The summed E-state index contributed by atoms with van der Waals surface area (Å²) >= 11 is 12.3. The van der Waals surface area contributed by atoms with Gasteiger partial charge < -0.3 is 15.0 Å². The van der Waals surface area contributed by atoms with E-state index >= 15 is 0 Å². The van der Waals surface area contributed by atoms with Gasteiger partial charge in [-0.15, -0.1) is 0 Å².